The molecule has 26 heavy (non-hydrogen) atoms. The zero-order valence-electron chi connectivity index (χ0n) is 16.0. The number of Topliss-reactive ketones (excluding diaryl/α,β-unsaturated/α-hetero) is 1. The van der Waals surface area contributed by atoms with E-state index in [4.69, 9.17) is 5.26 Å². The molecular weight excluding hydrogens is 328 g/mol. The molecule has 1 fully saturated rings. The van der Waals surface area contributed by atoms with Crippen molar-refractivity contribution in [2.45, 2.75) is 59.1 Å². The minimum absolute atomic E-state index is 0.0566. The summed E-state index contributed by atoms with van der Waals surface area (Å²) in [6.45, 7) is 8.37. The Labute approximate surface area is 155 Å². The molecule has 0 aromatic heterocycles. The van der Waals surface area contributed by atoms with Crippen LogP contribution in [0.3, 0.4) is 0 Å². The molecule has 1 aliphatic rings. The molecule has 0 spiro atoms. The highest BCUT2D eigenvalue weighted by atomic mass is 16.3. The number of carbonyl (C=O) groups excluding carboxylic acids is 2. The number of hydrogen-bond acceptors (Lipinski definition) is 3. The lowest BCUT2D eigenvalue weighted by Gasteiger charge is -2.45. The lowest BCUT2D eigenvalue weighted by molar-refractivity contribution is -0.145. The van der Waals surface area contributed by atoms with Crippen LogP contribution in [-0.2, 0) is 9.90 Å². The van der Waals surface area contributed by atoms with E-state index in [2.05, 4.69) is 0 Å². The molecule has 2 unspecified atom stereocenters. The quantitative estimate of drug-likeness (QED) is 0.774. The fourth-order valence-corrected chi connectivity index (χ4v) is 3.51. The Morgan fingerprint density at radius 1 is 1.27 bits per heavy atom. The van der Waals surface area contributed by atoms with E-state index in [9.17, 15) is 14.7 Å². The summed E-state index contributed by atoms with van der Waals surface area (Å²) in [4.78, 5) is 27.2. The zero-order valence-corrected chi connectivity index (χ0v) is 16.0. The number of hydrogen-bond donors (Lipinski definition) is 0. The van der Waals surface area contributed by atoms with E-state index in [1.54, 1.807) is 31.2 Å². The van der Waals surface area contributed by atoms with Gasteiger partial charge in [-0.15, -0.1) is 0 Å². The fraction of sp³-hybridized carbons (Fsp3) is 0.571. The molecule has 1 saturated heterocycles. The third-order valence-electron chi connectivity index (χ3n) is 5.09. The summed E-state index contributed by atoms with van der Waals surface area (Å²) in [5, 5.41) is 20.8. The first kappa shape index (κ1) is 20.1. The molecule has 1 aromatic carbocycles. The van der Waals surface area contributed by atoms with Crippen molar-refractivity contribution in [1.82, 2.24) is 4.90 Å². The summed E-state index contributed by atoms with van der Waals surface area (Å²) in [6.07, 6.45) is 0.429. The van der Waals surface area contributed by atoms with Gasteiger partial charge >= 0.3 is 0 Å². The molecule has 5 nitrogen and oxygen atoms in total. The van der Waals surface area contributed by atoms with Gasteiger partial charge in [0, 0.05) is 30.5 Å². The first-order valence-corrected chi connectivity index (χ1v) is 9.13. The van der Waals surface area contributed by atoms with Crippen molar-refractivity contribution in [3.8, 4) is 6.07 Å². The highest BCUT2D eigenvalue weighted by Crippen LogP contribution is 2.33. The number of nitrogens with zero attached hydrogens (tertiary/aromatic N) is 2. The number of amides is 1. The zero-order chi connectivity index (χ0) is 19.5. The van der Waals surface area contributed by atoms with E-state index in [1.165, 1.54) is 0 Å². The largest absolute Gasteiger partial charge is 0.339 e. The molecule has 139 valence electrons. The smallest absolute Gasteiger partial charge is 0.226 e. The van der Waals surface area contributed by atoms with Crippen LogP contribution >= 0.6 is 0 Å². The van der Waals surface area contributed by atoms with Crippen molar-refractivity contribution in [2.75, 3.05) is 6.54 Å². The number of nitriles is 1. The van der Waals surface area contributed by atoms with Gasteiger partial charge in [0.25, 0.3) is 0 Å². The number of ketones is 1. The van der Waals surface area contributed by atoms with Crippen molar-refractivity contribution in [3.63, 3.8) is 0 Å². The van der Waals surface area contributed by atoms with Crippen LogP contribution in [0.5, 0.6) is 0 Å². The second kappa shape index (κ2) is 8.01. The van der Waals surface area contributed by atoms with Gasteiger partial charge in [0.1, 0.15) is 0 Å². The van der Waals surface area contributed by atoms with Gasteiger partial charge < -0.3 is 4.90 Å². The Morgan fingerprint density at radius 3 is 2.42 bits per heavy atom. The molecule has 1 aromatic rings. The Balaban J connectivity index is 2.07. The number of rotatable bonds is 4. The predicted molar refractivity (Wildman–Crippen MR) is 97.9 cm³/mol. The van der Waals surface area contributed by atoms with Crippen LogP contribution in [0.15, 0.2) is 24.3 Å². The highest BCUT2D eigenvalue weighted by molar-refractivity contribution is 5.98. The minimum Gasteiger partial charge on any atom is -0.339 e. The van der Waals surface area contributed by atoms with Crippen molar-refractivity contribution in [1.29, 1.82) is 5.26 Å². The number of carbonyl (C=O) groups is 2. The predicted octanol–water partition coefficient (Wildman–Crippen LogP) is 3.60. The van der Waals surface area contributed by atoms with Crippen LogP contribution in [0.25, 0.3) is 0 Å². The summed E-state index contributed by atoms with van der Waals surface area (Å²) in [6, 6.07) is 8.38. The third-order valence-corrected chi connectivity index (χ3v) is 5.09. The third kappa shape index (κ3) is 4.70. The summed E-state index contributed by atoms with van der Waals surface area (Å²) in [5.74, 6) is -0.605. The van der Waals surface area contributed by atoms with Crippen molar-refractivity contribution < 1.29 is 14.7 Å². The standard InChI is InChI=1S/C21H27N2O3/c1-14(11-18(25)16-7-5-15(13-22)6-8-16)20(26)23-10-9-17(24)12-19(23)21(2,3)4/h5-8,14,17,19H,9-12H2,1-4H3/t14?,17-,19?/m1/s1. The molecule has 1 amide bonds. The average Bonchev–Trinajstić information content (AvgIpc) is 2.60. The van der Waals surface area contributed by atoms with Crippen molar-refractivity contribution in [2.24, 2.45) is 11.3 Å². The number of likely N-dealkylation sites (tertiary alicyclic amines) is 1. The lowest BCUT2D eigenvalue weighted by atomic mass is 9.79. The van der Waals surface area contributed by atoms with Crippen LogP contribution in [-0.4, -0.2) is 35.3 Å². The van der Waals surface area contributed by atoms with E-state index < -0.39 is 12.0 Å². The Hall–Kier alpha value is -2.19. The van der Waals surface area contributed by atoms with E-state index in [-0.39, 0.29) is 29.6 Å². The maximum Gasteiger partial charge on any atom is 0.226 e. The van der Waals surface area contributed by atoms with Crippen molar-refractivity contribution >= 4 is 11.7 Å². The maximum absolute atomic E-state index is 13.0. The monoisotopic (exact) mass is 355 g/mol. The van der Waals surface area contributed by atoms with Crippen LogP contribution < -0.4 is 0 Å². The Bertz CT molecular complexity index is 697. The van der Waals surface area contributed by atoms with Crippen LogP contribution in [0.2, 0.25) is 0 Å². The summed E-state index contributed by atoms with van der Waals surface area (Å²) >= 11 is 0. The molecule has 0 N–H and O–H groups in total. The van der Waals surface area contributed by atoms with Gasteiger partial charge in [0.15, 0.2) is 5.78 Å². The van der Waals surface area contributed by atoms with Gasteiger partial charge in [-0.25, -0.2) is 5.11 Å². The molecule has 5 heteroatoms. The molecule has 1 radical (unpaired) electrons. The number of benzene rings is 1. The Morgan fingerprint density at radius 2 is 1.88 bits per heavy atom. The maximum atomic E-state index is 13.0. The first-order chi connectivity index (χ1) is 12.1. The normalized spacial score (nSPS) is 21.8. The Kier molecular flexibility index (Phi) is 6.20. The molecular formula is C21H27N2O3. The lowest BCUT2D eigenvalue weighted by Crippen LogP contribution is -2.54. The molecule has 1 heterocycles. The summed E-state index contributed by atoms with van der Waals surface area (Å²) < 4.78 is 0. The molecule has 3 atom stereocenters. The topological polar surface area (TPSA) is 81.1 Å². The average molecular weight is 355 g/mol. The SMILES string of the molecule is CC(CC(=O)c1ccc(C#N)cc1)C(=O)N1CC[C@@H]([O])CC1C(C)(C)C. The fourth-order valence-electron chi connectivity index (χ4n) is 3.51. The van der Waals surface area contributed by atoms with Gasteiger partial charge in [-0.2, -0.15) is 5.26 Å². The first-order valence-electron chi connectivity index (χ1n) is 9.13. The van der Waals surface area contributed by atoms with Crippen LogP contribution in [0, 0.1) is 22.7 Å². The highest BCUT2D eigenvalue weighted by Gasteiger charge is 2.39. The van der Waals surface area contributed by atoms with Crippen LogP contribution in [0.1, 0.15) is 62.9 Å². The van der Waals surface area contributed by atoms with E-state index in [1.807, 2.05) is 31.7 Å². The summed E-state index contributed by atoms with van der Waals surface area (Å²) in [5.41, 5.74) is 0.837. The second-order valence-electron chi connectivity index (χ2n) is 8.28. The number of piperidine rings is 1. The second-order valence-corrected chi connectivity index (χ2v) is 8.28. The van der Waals surface area contributed by atoms with Gasteiger partial charge in [-0.1, -0.05) is 39.8 Å². The van der Waals surface area contributed by atoms with Gasteiger partial charge in [0.05, 0.1) is 17.7 Å². The van der Waals surface area contributed by atoms with E-state index >= 15 is 0 Å². The molecule has 0 saturated carbocycles. The molecule has 0 bridgehead atoms. The molecule has 1 aliphatic heterocycles. The van der Waals surface area contributed by atoms with Gasteiger partial charge in [-0.05, 0) is 30.4 Å². The van der Waals surface area contributed by atoms with Crippen molar-refractivity contribution in [3.05, 3.63) is 35.4 Å². The molecule has 0 aliphatic carbocycles. The van der Waals surface area contributed by atoms with Gasteiger partial charge in [-0.3, -0.25) is 9.59 Å². The van der Waals surface area contributed by atoms with Crippen LogP contribution in [0.4, 0.5) is 0 Å². The minimum atomic E-state index is -0.626. The summed E-state index contributed by atoms with van der Waals surface area (Å²) in [7, 11) is 0. The molecule has 2 rings (SSSR count). The van der Waals surface area contributed by atoms with E-state index in [0.29, 0.717) is 30.5 Å². The van der Waals surface area contributed by atoms with Gasteiger partial charge in [0.2, 0.25) is 5.91 Å². The van der Waals surface area contributed by atoms with E-state index in [0.717, 1.165) is 0 Å².